The van der Waals surface area contributed by atoms with Gasteiger partial charge >= 0.3 is 5.97 Å². The molecule has 0 fully saturated rings. The molecule has 41 heavy (non-hydrogen) atoms. The van der Waals surface area contributed by atoms with E-state index in [2.05, 4.69) is 46.4 Å². The quantitative estimate of drug-likeness (QED) is 0.187. The number of ether oxygens (including phenoxy) is 1. The molecule has 0 spiro atoms. The number of aryl methyl sites for hydroxylation is 1. The lowest BCUT2D eigenvalue weighted by molar-refractivity contribution is -0.135. The van der Waals surface area contributed by atoms with Gasteiger partial charge in [-0.2, -0.15) is 4.98 Å². The van der Waals surface area contributed by atoms with Gasteiger partial charge in [-0.05, 0) is 62.4 Å². The van der Waals surface area contributed by atoms with Crippen LogP contribution in [0.3, 0.4) is 0 Å². The second-order valence-corrected chi connectivity index (χ2v) is 9.88. The maximum atomic E-state index is 14.2. The first-order chi connectivity index (χ1) is 18.8. The number of nitrogens with zero attached hydrogens (tertiary/aromatic N) is 3. The van der Waals surface area contributed by atoms with Gasteiger partial charge in [0.05, 0.1) is 11.7 Å². The zero-order valence-electron chi connectivity index (χ0n) is 23.1. The van der Waals surface area contributed by atoms with Crippen molar-refractivity contribution in [2.24, 2.45) is 5.73 Å². The third-order valence-electron chi connectivity index (χ3n) is 7.23. The Kier molecular flexibility index (Phi) is 10.7. The SMILES string of the molecule is Cc1nc(Nc2ccc(F)cc2OC(=O)C(N)Cc2ccccc2)nc(N2CCc3ccccc3C2C)c1C.Cl.Cl. The lowest BCUT2D eigenvalue weighted by atomic mass is 9.93. The Morgan fingerprint density at radius 2 is 1.78 bits per heavy atom. The molecule has 0 aliphatic carbocycles. The number of fused-ring (bicyclic) bond motifs is 1. The number of esters is 1. The first kappa shape index (κ1) is 31.8. The molecule has 1 aliphatic heterocycles. The number of carbonyl (C=O) groups is 1. The fourth-order valence-electron chi connectivity index (χ4n) is 4.95. The van der Waals surface area contributed by atoms with E-state index in [1.165, 1.54) is 23.3 Å². The minimum Gasteiger partial charge on any atom is -0.423 e. The fraction of sp³-hybridized carbons (Fsp3) is 0.258. The van der Waals surface area contributed by atoms with Crippen molar-refractivity contribution >= 4 is 48.2 Å². The van der Waals surface area contributed by atoms with Crippen LogP contribution < -0.4 is 20.7 Å². The lowest BCUT2D eigenvalue weighted by Crippen LogP contribution is -2.36. The third kappa shape index (κ3) is 7.14. The average molecular weight is 599 g/mol. The third-order valence-corrected chi connectivity index (χ3v) is 7.23. The van der Waals surface area contributed by atoms with E-state index in [0.717, 1.165) is 41.7 Å². The zero-order chi connectivity index (χ0) is 27.5. The molecule has 7 nitrogen and oxygen atoms in total. The molecule has 4 aromatic rings. The molecule has 0 saturated carbocycles. The Bertz CT molecular complexity index is 1510. The molecular weight excluding hydrogens is 564 g/mol. The minimum absolute atomic E-state index is 0. The smallest absolute Gasteiger partial charge is 0.328 e. The van der Waals surface area contributed by atoms with E-state index in [1.54, 1.807) is 0 Å². The Labute approximate surface area is 252 Å². The number of nitrogens with one attached hydrogen (secondary N) is 1. The van der Waals surface area contributed by atoms with Crippen LogP contribution in [0.5, 0.6) is 5.75 Å². The summed E-state index contributed by atoms with van der Waals surface area (Å²) >= 11 is 0. The van der Waals surface area contributed by atoms with Gasteiger partial charge in [0.2, 0.25) is 5.95 Å². The van der Waals surface area contributed by atoms with Gasteiger partial charge in [0, 0.05) is 23.9 Å². The highest BCUT2D eigenvalue weighted by atomic mass is 35.5. The summed E-state index contributed by atoms with van der Waals surface area (Å²) in [6.07, 6.45) is 1.23. The van der Waals surface area contributed by atoms with Gasteiger partial charge < -0.3 is 20.7 Å². The van der Waals surface area contributed by atoms with Crippen molar-refractivity contribution < 1.29 is 13.9 Å². The van der Waals surface area contributed by atoms with Crippen LogP contribution in [0.4, 0.5) is 21.8 Å². The van der Waals surface area contributed by atoms with Crippen molar-refractivity contribution in [2.45, 2.75) is 45.7 Å². The molecule has 3 N–H and O–H groups in total. The molecule has 2 unspecified atom stereocenters. The van der Waals surface area contributed by atoms with Crippen molar-refractivity contribution in [2.75, 3.05) is 16.8 Å². The molecule has 2 atom stereocenters. The number of carbonyl (C=O) groups excluding carboxylic acids is 1. The number of nitrogens with two attached hydrogens (primary N) is 1. The van der Waals surface area contributed by atoms with Crippen LogP contribution in [0.25, 0.3) is 0 Å². The summed E-state index contributed by atoms with van der Waals surface area (Å²) in [5.41, 5.74) is 11.8. The highest BCUT2D eigenvalue weighted by Gasteiger charge is 2.27. The number of aromatic nitrogens is 2. The lowest BCUT2D eigenvalue weighted by Gasteiger charge is -2.37. The summed E-state index contributed by atoms with van der Waals surface area (Å²) in [6.45, 7) is 6.95. The normalized spacial score (nSPS) is 14.7. The predicted molar refractivity (Wildman–Crippen MR) is 165 cm³/mol. The second kappa shape index (κ2) is 13.8. The van der Waals surface area contributed by atoms with Gasteiger partial charge in [0.15, 0.2) is 5.75 Å². The molecule has 0 amide bonds. The Balaban J connectivity index is 0.00000231. The average Bonchev–Trinajstić information content (AvgIpc) is 2.93. The van der Waals surface area contributed by atoms with Crippen LogP contribution in [0, 0.1) is 19.7 Å². The number of halogens is 3. The van der Waals surface area contributed by atoms with Gasteiger partial charge in [0.25, 0.3) is 0 Å². The van der Waals surface area contributed by atoms with Gasteiger partial charge in [-0.1, -0.05) is 54.6 Å². The summed E-state index contributed by atoms with van der Waals surface area (Å²) in [5.74, 6) is -0.0150. The van der Waals surface area contributed by atoms with Gasteiger partial charge in [-0.3, -0.25) is 0 Å². The molecule has 1 aromatic heterocycles. The van der Waals surface area contributed by atoms with E-state index in [9.17, 15) is 9.18 Å². The summed E-state index contributed by atoms with van der Waals surface area (Å²) in [5, 5.41) is 3.14. The molecule has 3 aromatic carbocycles. The van der Waals surface area contributed by atoms with Gasteiger partial charge in [-0.15, -0.1) is 24.8 Å². The standard InChI is InChI=1S/C31H32FN5O2.2ClH/c1-19-20(2)34-31(36-29(19)37-16-15-23-11-7-8-12-25(23)21(37)3)35-27-14-13-24(32)18-28(27)39-30(38)26(33)17-22-9-5-4-6-10-22;;/h4-14,18,21,26H,15-17,33H2,1-3H3,(H,34,35,36);2*1H. The van der Waals surface area contributed by atoms with E-state index in [-0.39, 0.29) is 36.6 Å². The highest BCUT2D eigenvalue weighted by Crippen LogP contribution is 2.36. The molecule has 1 aliphatic rings. The molecule has 0 saturated heterocycles. The van der Waals surface area contributed by atoms with E-state index in [0.29, 0.717) is 18.1 Å². The summed E-state index contributed by atoms with van der Waals surface area (Å²) < 4.78 is 19.7. The summed E-state index contributed by atoms with van der Waals surface area (Å²) in [4.78, 5) is 24.5. The number of benzene rings is 3. The number of hydrogen-bond donors (Lipinski definition) is 2. The van der Waals surface area contributed by atoms with E-state index < -0.39 is 17.8 Å². The first-order valence-corrected chi connectivity index (χ1v) is 13.1. The molecule has 2 heterocycles. The van der Waals surface area contributed by atoms with E-state index in [1.807, 2.05) is 44.2 Å². The van der Waals surface area contributed by atoms with Crippen LogP contribution in [0.2, 0.25) is 0 Å². The molecule has 10 heteroatoms. The largest absolute Gasteiger partial charge is 0.423 e. The van der Waals surface area contributed by atoms with Gasteiger partial charge in [-0.25, -0.2) is 14.2 Å². The van der Waals surface area contributed by atoms with Crippen LogP contribution in [-0.4, -0.2) is 28.5 Å². The summed E-state index contributed by atoms with van der Waals surface area (Å²) in [7, 11) is 0. The van der Waals surface area contributed by atoms with E-state index >= 15 is 0 Å². The first-order valence-electron chi connectivity index (χ1n) is 13.1. The van der Waals surface area contributed by atoms with Crippen molar-refractivity contribution in [1.29, 1.82) is 0 Å². The Morgan fingerprint density at radius 3 is 2.54 bits per heavy atom. The predicted octanol–water partition coefficient (Wildman–Crippen LogP) is 6.42. The van der Waals surface area contributed by atoms with E-state index in [4.69, 9.17) is 15.5 Å². The highest BCUT2D eigenvalue weighted by molar-refractivity contribution is 5.85. The molecule has 0 radical (unpaired) electrons. The monoisotopic (exact) mass is 597 g/mol. The molecule has 216 valence electrons. The van der Waals surface area contributed by atoms with Crippen LogP contribution in [-0.2, 0) is 17.6 Å². The minimum atomic E-state index is -0.906. The Hall–Kier alpha value is -3.72. The summed E-state index contributed by atoms with van der Waals surface area (Å²) in [6, 6.07) is 21.1. The van der Waals surface area contributed by atoms with Crippen LogP contribution in [0.15, 0.2) is 72.8 Å². The van der Waals surface area contributed by atoms with Crippen LogP contribution >= 0.6 is 24.8 Å². The maximum Gasteiger partial charge on any atom is 0.328 e. The van der Waals surface area contributed by atoms with Crippen molar-refractivity contribution in [3.05, 3.63) is 107 Å². The maximum absolute atomic E-state index is 14.2. The topological polar surface area (TPSA) is 93.4 Å². The zero-order valence-corrected chi connectivity index (χ0v) is 24.8. The number of hydrogen-bond acceptors (Lipinski definition) is 7. The second-order valence-electron chi connectivity index (χ2n) is 9.88. The molecule has 0 bridgehead atoms. The van der Waals surface area contributed by atoms with Gasteiger partial charge in [0.1, 0.15) is 17.7 Å². The van der Waals surface area contributed by atoms with Crippen LogP contribution in [0.1, 0.15) is 40.9 Å². The fourth-order valence-corrected chi connectivity index (χ4v) is 4.95. The molecular formula is C31H34Cl2FN5O2. The Morgan fingerprint density at radius 1 is 1.07 bits per heavy atom. The number of anilines is 3. The van der Waals surface area contributed by atoms with Crippen molar-refractivity contribution in [3.63, 3.8) is 0 Å². The van der Waals surface area contributed by atoms with Crippen molar-refractivity contribution in [3.8, 4) is 5.75 Å². The van der Waals surface area contributed by atoms with Crippen molar-refractivity contribution in [1.82, 2.24) is 9.97 Å². The number of rotatable bonds is 7. The molecule has 5 rings (SSSR count).